The molecule has 0 heterocycles. The molecule has 1 fully saturated rings. The Labute approximate surface area is 150 Å². The fraction of sp³-hybridized carbons (Fsp3) is 0.556. The summed E-state index contributed by atoms with van der Waals surface area (Å²) in [6.45, 7) is 7.47. The van der Waals surface area contributed by atoms with Gasteiger partial charge in [-0.25, -0.2) is 0 Å². The lowest BCUT2D eigenvalue weighted by atomic mass is 10.1. The Morgan fingerprint density at radius 1 is 1.21 bits per heavy atom. The molecule has 5 nitrogen and oxygen atoms in total. The average Bonchev–Trinajstić information content (AvgIpc) is 3.30. The molecule has 0 radical (unpaired) electrons. The number of hydrogen-bond acceptors (Lipinski definition) is 3. The second-order valence-electron chi connectivity index (χ2n) is 6.56. The van der Waals surface area contributed by atoms with Gasteiger partial charge in [-0.05, 0) is 56.8 Å². The number of halogens is 1. The summed E-state index contributed by atoms with van der Waals surface area (Å²) in [5.41, 5.74) is 1.84. The van der Waals surface area contributed by atoms with Crippen molar-refractivity contribution in [3.8, 4) is 0 Å². The van der Waals surface area contributed by atoms with Crippen LogP contribution in [0.5, 0.6) is 0 Å². The molecular formula is C18H28ClN3O2. The Morgan fingerprint density at radius 2 is 1.83 bits per heavy atom. The van der Waals surface area contributed by atoms with Crippen molar-refractivity contribution in [1.29, 1.82) is 0 Å². The van der Waals surface area contributed by atoms with Gasteiger partial charge in [-0.3, -0.25) is 9.59 Å². The fourth-order valence-electron chi connectivity index (χ4n) is 2.46. The zero-order valence-corrected chi connectivity index (χ0v) is 15.5. The van der Waals surface area contributed by atoms with Gasteiger partial charge in [0.2, 0.25) is 11.8 Å². The lowest BCUT2D eigenvalue weighted by molar-refractivity contribution is -0.131. The first kappa shape index (κ1) is 20.5. The van der Waals surface area contributed by atoms with E-state index in [4.69, 9.17) is 0 Å². The molecule has 24 heavy (non-hydrogen) atoms. The van der Waals surface area contributed by atoms with Crippen molar-refractivity contribution in [2.24, 2.45) is 5.92 Å². The quantitative estimate of drug-likeness (QED) is 0.755. The van der Waals surface area contributed by atoms with Crippen LogP contribution < -0.4 is 10.6 Å². The van der Waals surface area contributed by atoms with Gasteiger partial charge in [0.15, 0.2) is 0 Å². The molecule has 1 aromatic rings. The van der Waals surface area contributed by atoms with E-state index in [9.17, 15) is 9.59 Å². The van der Waals surface area contributed by atoms with Gasteiger partial charge >= 0.3 is 0 Å². The summed E-state index contributed by atoms with van der Waals surface area (Å²) in [6.07, 6.45) is 2.56. The fourth-order valence-corrected chi connectivity index (χ4v) is 2.46. The van der Waals surface area contributed by atoms with Crippen LogP contribution in [0.1, 0.15) is 39.2 Å². The first-order chi connectivity index (χ1) is 11.0. The highest BCUT2D eigenvalue weighted by Gasteiger charge is 2.20. The normalized spacial score (nSPS) is 13.3. The average molecular weight is 354 g/mol. The largest absolute Gasteiger partial charge is 0.336 e. The molecule has 1 aliphatic rings. The van der Waals surface area contributed by atoms with E-state index in [1.54, 1.807) is 6.92 Å². The van der Waals surface area contributed by atoms with Gasteiger partial charge in [-0.2, -0.15) is 0 Å². The second-order valence-corrected chi connectivity index (χ2v) is 6.56. The third-order valence-corrected chi connectivity index (χ3v) is 4.03. The molecule has 0 spiro atoms. The van der Waals surface area contributed by atoms with Gasteiger partial charge in [0.1, 0.15) is 0 Å². The summed E-state index contributed by atoms with van der Waals surface area (Å²) in [5, 5.41) is 6.05. The smallest absolute Gasteiger partial charge is 0.238 e. The molecule has 2 N–H and O–H groups in total. The summed E-state index contributed by atoms with van der Waals surface area (Å²) in [4.78, 5) is 25.3. The molecule has 0 aromatic heterocycles. The van der Waals surface area contributed by atoms with Crippen LogP contribution in [0.3, 0.4) is 0 Å². The summed E-state index contributed by atoms with van der Waals surface area (Å²) in [5.74, 6) is 0.817. The lowest BCUT2D eigenvalue weighted by Gasteiger charge is -2.25. The van der Waals surface area contributed by atoms with Crippen molar-refractivity contribution in [3.05, 3.63) is 29.8 Å². The van der Waals surface area contributed by atoms with Crippen LogP contribution in [0.25, 0.3) is 0 Å². The zero-order valence-electron chi connectivity index (χ0n) is 14.7. The number of carbonyl (C=O) groups is 2. The van der Waals surface area contributed by atoms with Crippen molar-refractivity contribution >= 4 is 29.9 Å². The standard InChI is InChI=1S/C18H27N3O2.ClH/c1-13(2)21(14(3)22)12-16-6-8-17(9-7-16)20-18(23)11-19-10-15-4-5-15;/h6-9,13,15,19H,4-5,10-12H2,1-3H3,(H,20,23);1H. The van der Waals surface area contributed by atoms with E-state index < -0.39 is 0 Å². The van der Waals surface area contributed by atoms with Crippen LogP contribution in [0.2, 0.25) is 0 Å². The van der Waals surface area contributed by atoms with E-state index in [0.717, 1.165) is 23.7 Å². The molecule has 134 valence electrons. The SMILES string of the molecule is CC(=O)N(Cc1ccc(NC(=O)CNCC2CC2)cc1)C(C)C.Cl. The van der Waals surface area contributed by atoms with Crippen LogP contribution in [0, 0.1) is 5.92 Å². The summed E-state index contributed by atoms with van der Waals surface area (Å²) < 4.78 is 0. The van der Waals surface area contributed by atoms with Crippen LogP contribution in [0.4, 0.5) is 5.69 Å². The number of nitrogens with one attached hydrogen (secondary N) is 2. The number of anilines is 1. The molecule has 0 bridgehead atoms. The van der Waals surface area contributed by atoms with Gasteiger partial charge in [-0.15, -0.1) is 12.4 Å². The van der Waals surface area contributed by atoms with E-state index in [-0.39, 0.29) is 30.3 Å². The first-order valence-electron chi connectivity index (χ1n) is 8.32. The van der Waals surface area contributed by atoms with Crippen LogP contribution in [-0.4, -0.2) is 35.8 Å². The van der Waals surface area contributed by atoms with E-state index >= 15 is 0 Å². The van der Waals surface area contributed by atoms with Crippen molar-refractivity contribution in [1.82, 2.24) is 10.2 Å². The van der Waals surface area contributed by atoms with Crippen LogP contribution in [-0.2, 0) is 16.1 Å². The maximum absolute atomic E-state index is 11.8. The van der Waals surface area contributed by atoms with Crippen LogP contribution in [0.15, 0.2) is 24.3 Å². The topological polar surface area (TPSA) is 61.4 Å². The molecule has 0 aliphatic heterocycles. The molecule has 0 unspecified atom stereocenters. The number of nitrogens with zero attached hydrogens (tertiary/aromatic N) is 1. The minimum absolute atomic E-state index is 0. The second kappa shape index (κ2) is 9.64. The predicted octanol–water partition coefficient (Wildman–Crippen LogP) is 2.80. The van der Waals surface area contributed by atoms with Crippen molar-refractivity contribution < 1.29 is 9.59 Å². The number of amides is 2. The molecule has 1 aromatic carbocycles. The highest BCUT2D eigenvalue weighted by Crippen LogP contribution is 2.27. The van der Waals surface area contributed by atoms with Crippen molar-refractivity contribution in [3.63, 3.8) is 0 Å². The molecule has 2 amide bonds. The Balaban J connectivity index is 0.00000288. The van der Waals surface area contributed by atoms with E-state index in [1.807, 2.05) is 43.0 Å². The number of rotatable bonds is 8. The Kier molecular flexibility index (Phi) is 8.22. The number of carbonyl (C=O) groups excluding carboxylic acids is 2. The van der Waals surface area contributed by atoms with Crippen LogP contribution >= 0.6 is 12.4 Å². The summed E-state index contributed by atoms with van der Waals surface area (Å²) in [7, 11) is 0. The minimum Gasteiger partial charge on any atom is -0.336 e. The van der Waals surface area contributed by atoms with Gasteiger partial charge in [-0.1, -0.05) is 12.1 Å². The zero-order chi connectivity index (χ0) is 16.8. The maximum Gasteiger partial charge on any atom is 0.238 e. The highest BCUT2D eigenvalue weighted by atomic mass is 35.5. The van der Waals surface area contributed by atoms with Gasteiger partial charge in [0.25, 0.3) is 0 Å². The predicted molar refractivity (Wildman–Crippen MR) is 99.3 cm³/mol. The molecule has 1 aliphatic carbocycles. The molecule has 6 heteroatoms. The molecule has 2 rings (SSSR count). The lowest BCUT2D eigenvalue weighted by Crippen LogP contribution is -2.34. The van der Waals surface area contributed by atoms with E-state index in [2.05, 4.69) is 10.6 Å². The van der Waals surface area contributed by atoms with Gasteiger partial charge in [0.05, 0.1) is 6.54 Å². The third-order valence-electron chi connectivity index (χ3n) is 4.03. The summed E-state index contributed by atoms with van der Waals surface area (Å²) >= 11 is 0. The van der Waals surface area contributed by atoms with Crippen molar-refractivity contribution in [2.75, 3.05) is 18.4 Å². The number of benzene rings is 1. The monoisotopic (exact) mass is 353 g/mol. The Morgan fingerprint density at radius 3 is 2.33 bits per heavy atom. The van der Waals surface area contributed by atoms with E-state index in [1.165, 1.54) is 12.8 Å². The number of hydrogen-bond donors (Lipinski definition) is 2. The molecule has 0 atom stereocenters. The van der Waals surface area contributed by atoms with E-state index in [0.29, 0.717) is 13.1 Å². The molecular weight excluding hydrogens is 326 g/mol. The Bertz CT molecular complexity index is 542. The summed E-state index contributed by atoms with van der Waals surface area (Å²) in [6, 6.07) is 7.83. The maximum atomic E-state index is 11.8. The third kappa shape index (κ3) is 6.89. The van der Waals surface area contributed by atoms with Crippen molar-refractivity contribution in [2.45, 2.75) is 46.2 Å². The first-order valence-corrected chi connectivity index (χ1v) is 8.32. The Hall–Kier alpha value is -1.59. The highest BCUT2D eigenvalue weighted by molar-refractivity contribution is 5.92. The van der Waals surface area contributed by atoms with Gasteiger partial charge < -0.3 is 15.5 Å². The minimum atomic E-state index is -0.0223. The van der Waals surface area contributed by atoms with Gasteiger partial charge in [0, 0.05) is 25.2 Å². The molecule has 1 saturated carbocycles. The molecule has 0 saturated heterocycles.